The number of alkyl halides is 3. The van der Waals surface area contributed by atoms with E-state index in [1.54, 1.807) is 0 Å². The van der Waals surface area contributed by atoms with E-state index in [1.165, 1.54) is 24.3 Å². The summed E-state index contributed by atoms with van der Waals surface area (Å²) in [4.78, 5) is 12.0. The van der Waals surface area contributed by atoms with Gasteiger partial charge in [0.05, 0.1) is 0 Å². The average molecular weight is 298 g/mol. The van der Waals surface area contributed by atoms with Gasteiger partial charge in [-0.15, -0.1) is 13.2 Å². The maximum atomic E-state index is 12.1. The van der Waals surface area contributed by atoms with Gasteiger partial charge in [0.2, 0.25) is 0 Å². The predicted molar refractivity (Wildman–Crippen MR) is 73.8 cm³/mol. The van der Waals surface area contributed by atoms with Gasteiger partial charge in [0, 0.05) is 12.0 Å². The first kappa shape index (κ1) is 15.6. The first-order valence-corrected chi connectivity index (χ1v) is 7.02. The molecule has 2 nitrogen and oxygen atoms in total. The minimum Gasteiger partial charge on any atom is -0.406 e. The van der Waals surface area contributed by atoms with Crippen molar-refractivity contribution in [3.8, 4) is 5.75 Å². The number of Topliss-reactive ketones (excluding diaryl/α,β-unsaturated/α-hetero) is 1. The minimum atomic E-state index is -4.70. The zero-order chi connectivity index (χ0) is 15.5. The number of halogens is 3. The van der Waals surface area contributed by atoms with E-state index in [0.717, 1.165) is 31.3 Å². The molecule has 0 unspecified atom stereocenters. The molecule has 1 aromatic rings. The second-order valence-electron chi connectivity index (χ2n) is 5.08. The summed E-state index contributed by atoms with van der Waals surface area (Å²) in [5.41, 5.74) is 2.48. The van der Waals surface area contributed by atoms with Gasteiger partial charge in [0.25, 0.3) is 0 Å². The molecule has 0 radical (unpaired) electrons. The van der Waals surface area contributed by atoms with E-state index >= 15 is 0 Å². The zero-order valence-corrected chi connectivity index (χ0v) is 11.8. The minimum absolute atomic E-state index is 0.0746. The third kappa shape index (κ3) is 4.09. The zero-order valence-electron chi connectivity index (χ0n) is 11.8. The molecule has 1 aliphatic carbocycles. The number of carbonyl (C=O) groups excluding carboxylic acids is 1. The lowest BCUT2D eigenvalue weighted by molar-refractivity contribution is -0.274. The van der Waals surface area contributed by atoms with Crippen molar-refractivity contribution in [2.24, 2.45) is 0 Å². The van der Waals surface area contributed by atoms with Crippen molar-refractivity contribution >= 4 is 11.4 Å². The Morgan fingerprint density at radius 1 is 1.14 bits per heavy atom. The lowest BCUT2D eigenvalue weighted by Crippen LogP contribution is -2.17. The Kier molecular flexibility index (Phi) is 4.70. The fourth-order valence-corrected chi connectivity index (χ4v) is 2.54. The molecule has 5 heteroatoms. The number of rotatable bonds is 5. The average Bonchev–Trinajstić information content (AvgIpc) is 2.77. The molecule has 1 aliphatic rings. The molecule has 0 N–H and O–H groups in total. The van der Waals surface area contributed by atoms with Gasteiger partial charge in [0.15, 0.2) is 5.78 Å². The number of ether oxygens (including phenoxy) is 1. The van der Waals surface area contributed by atoms with Crippen LogP contribution >= 0.6 is 0 Å². The fourth-order valence-electron chi connectivity index (χ4n) is 2.54. The van der Waals surface area contributed by atoms with Crippen molar-refractivity contribution in [2.75, 3.05) is 0 Å². The third-order valence-corrected chi connectivity index (χ3v) is 3.49. The molecule has 0 saturated carbocycles. The second kappa shape index (κ2) is 6.33. The summed E-state index contributed by atoms with van der Waals surface area (Å²) in [5.74, 6) is -0.196. The molecule has 0 spiro atoms. The van der Waals surface area contributed by atoms with Crippen LogP contribution in [0.2, 0.25) is 0 Å². The van der Waals surface area contributed by atoms with Crippen molar-refractivity contribution < 1.29 is 22.7 Å². The molecule has 0 bridgehead atoms. The van der Waals surface area contributed by atoms with E-state index in [4.69, 9.17) is 0 Å². The standard InChI is InChI=1S/C16H17F3O2/c1-2-3-4-11-7-10-14(20)15(11)12-5-8-13(9-6-12)21-16(17,18)19/h5-6,8-9H,2-4,7,10H2,1H3. The van der Waals surface area contributed by atoms with Crippen LogP contribution in [-0.2, 0) is 4.79 Å². The largest absolute Gasteiger partial charge is 0.573 e. The number of ketones is 1. The monoisotopic (exact) mass is 298 g/mol. The van der Waals surface area contributed by atoms with Crippen LogP contribution in [0.3, 0.4) is 0 Å². The summed E-state index contributed by atoms with van der Waals surface area (Å²) in [7, 11) is 0. The van der Waals surface area contributed by atoms with Crippen LogP contribution in [0.1, 0.15) is 44.6 Å². The number of unbranched alkanes of at least 4 members (excludes halogenated alkanes) is 1. The van der Waals surface area contributed by atoms with Gasteiger partial charge in [-0.05, 0) is 37.0 Å². The predicted octanol–water partition coefficient (Wildman–Crippen LogP) is 4.89. The normalized spacial score (nSPS) is 15.7. The molecule has 1 aromatic carbocycles. The van der Waals surface area contributed by atoms with Crippen LogP contribution in [0.15, 0.2) is 29.8 Å². The first-order valence-electron chi connectivity index (χ1n) is 7.02. The Bertz CT molecular complexity index is 542. The van der Waals surface area contributed by atoms with Gasteiger partial charge in [-0.3, -0.25) is 4.79 Å². The van der Waals surface area contributed by atoms with Crippen LogP contribution in [0, 0.1) is 0 Å². The summed E-state index contributed by atoms with van der Waals surface area (Å²) in [6.45, 7) is 2.08. The van der Waals surface area contributed by atoms with E-state index in [-0.39, 0.29) is 11.5 Å². The summed E-state index contributed by atoms with van der Waals surface area (Å²) in [6, 6.07) is 5.54. The molecule has 0 saturated heterocycles. The lowest BCUT2D eigenvalue weighted by Gasteiger charge is -2.10. The molecular formula is C16H17F3O2. The highest BCUT2D eigenvalue weighted by molar-refractivity contribution is 6.23. The Morgan fingerprint density at radius 2 is 1.81 bits per heavy atom. The third-order valence-electron chi connectivity index (χ3n) is 3.49. The molecule has 0 heterocycles. The van der Waals surface area contributed by atoms with Gasteiger partial charge in [-0.1, -0.05) is 31.1 Å². The number of hydrogen-bond donors (Lipinski definition) is 0. The molecule has 2 rings (SSSR count). The fraction of sp³-hybridized carbons (Fsp3) is 0.438. The Morgan fingerprint density at radius 3 is 2.38 bits per heavy atom. The summed E-state index contributed by atoms with van der Waals surface area (Å²) >= 11 is 0. The molecule has 0 fully saturated rings. The summed E-state index contributed by atoms with van der Waals surface area (Å²) in [5, 5.41) is 0. The highest BCUT2D eigenvalue weighted by Crippen LogP contribution is 2.35. The first-order chi connectivity index (χ1) is 9.90. The van der Waals surface area contributed by atoms with Crippen molar-refractivity contribution in [1.29, 1.82) is 0 Å². The van der Waals surface area contributed by atoms with Crippen LogP contribution in [0.4, 0.5) is 13.2 Å². The number of allylic oxidation sites excluding steroid dienone is 2. The van der Waals surface area contributed by atoms with Gasteiger partial charge in [-0.25, -0.2) is 0 Å². The van der Waals surface area contributed by atoms with Crippen molar-refractivity contribution in [1.82, 2.24) is 0 Å². The molecule has 21 heavy (non-hydrogen) atoms. The van der Waals surface area contributed by atoms with Crippen LogP contribution in [-0.4, -0.2) is 12.1 Å². The van der Waals surface area contributed by atoms with Crippen LogP contribution < -0.4 is 4.74 Å². The highest BCUT2D eigenvalue weighted by Gasteiger charge is 2.31. The van der Waals surface area contributed by atoms with E-state index in [2.05, 4.69) is 11.7 Å². The molecule has 0 aliphatic heterocycles. The summed E-state index contributed by atoms with van der Waals surface area (Å²) in [6.07, 6.45) is -0.510. The lowest BCUT2D eigenvalue weighted by atomic mass is 9.98. The maximum Gasteiger partial charge on any atom is 0.573 e. The molecule has 0 atom stereocenters. The van der Waals surface area contributed by atoms with Gasteiger partial charge in [0.1, 0.15) is 5.75 Å². The number of hydrogen-bond acceptors (Lipinski definition) is 2. The van der Waals surface area contributed by atoms with Gasteiger partial charge in [-0.2, -0.15) is 0 Å². The van der Waals surface area contributed by atoms with Gasteiger partial charge < -0.3 is 4.74 Å². The molecule has 0 amide bonds. The van der Waals surface area contributed by atoms with Crippen molar-refractivity contribution in [2.45, 2.75) is 45.4 Å². The van der Waals surface area contributed by atoms with Gasteiger partial charge >= 0.3 is 6.36 Å². The molecule has 0 aromatic heterocycles. The highest BCUT2D eigenvalue weighted by atomic mass is 19.4. The number of carbonyl (C=O) groups is 1. The second-order valence-corrected chi connectivity index (χ2v) is 5.08. The van der Waals surface area contributed by atoms with E-state index in [1.807, 2.05) is 0 Å². The van der Waals surface area contributed by atoms with Crippen LogP contribution in [0.5, 0.6) is 5.75 Å². The van der Waals surface area contributed by atoms with E-state index < -0.39 is 6.36 Å². The van der Waals surface area contributed by atoms with E-state index in [0.29, 0.717) is 17.6 Å². The van der Waals surface area contributed by atoms with E-state index in [9.17, 15) is 18.0 Å². The Balaban J connectivity index is 2.21. The SMILES string of the molecule is CCCCC1=C(c2ccc(OC(F)(F)F)cc2)C(=O)CC1. The van der Waals surface area contributed by atoms with Crippen LogP contribution in [0.25, 0.3) is 5.57 Å². The molecule has 114 valence electrons. The Labute approximate surface area is 121 Å². The molecular weight excluding hydrogens is 281 g/mol. The quantitative estimate of drug-likeness (QED) is 0.773. The number of benzene rings is 1. The van der Waals surface area contributed by atoms with Crippen molar-refractivity contribution in [3.05, 3.63) is 35.4 Å². The Hall–Kier alpha value is -1.78. The smallest absolute Gasteiger partial charge is 0.406 e. The topological polar surface area (TPSA) is 26.3 Å². The van der Waals surface area contributed by atoms with Crippen molar-refractivity contribution in [3.63, 3.8) is 0 Å². The summed E-state index contributed by atoms with van der Waals surface area (Å²) < 4.78 is 40.2. The maximum absolute atomic E-state index is 12.1.